The van der Waals surface area contributed by atoms with Gasteiger partial charge in [0.1, 0.15) is 17.3 Å². The summed E-state index contributed by atoms with van der Waals surface area (Å²) in [5.74, 6) is -1.57. The van der Waals surface area contributed by atoms with Gasteiger partial charge in [-0.05, 0) is 31.2 Å². The van der Waals surface area contributed by atoms with Crippen molar-refractivity contribution >= 4 is 29.2 Å². The maximum absolute atomic E-state index is 13.3. The maximum Gasteiger partial charge on any atom is 0.269 e. The van der Waals surface area contributed by atoms with Gasteiger partial charge in [0.25, 0.3) is 11.8 Å². The highest BCUT2D eigenvalue weighted by molar-refractivity contribution is 6.30. The fourth-order valence-electron chi connectivity index (χ4n) is 2.20. The van der Waals surface area contributed by atoms with Crippen molar-refractivity contribution in [1.29, 1.82) is 0 Å². The number of Topliss-reactive ketones (excluding diaryl/α,β-unsaturated/α-hetero) is 1. The lowest BCUT2D eigenvalue weighted by Crippen LogP contribution is -2.31. The van der Waals surface area contributed by atoms with Gasteiger partial charge in [0.05, 0.1) is 5.02 Å². The molecule has 0 atom stereocenters. The SMILES string of the molecule is C=C(CCNC(=O)c1cc(C(C)=O)ccn1)NC(=O)COc1ccc(Cl)c(F)c1. The average molecular weight is 420 g/mol. The average Bonchev–Trinajstić information content (AvgIpc) is 2.68. The number of carbonyl (C=O) groups excluding carboxylic acids is 3. The molecule has 2 rings (SSSR count). The molecule has 0 aliphatic carbocycles. The van der Waals surface area contributed by atoms with Crippen LogP contribution in [0.3, 0.4) is 0 Å². The molecule has 0 saturated carbocycles. The lowest BCUT2D eigenvalue weighted by Gasteiger charge is -2.10. The van der Waals surface area contributed by atoms with Crippen LogP contribution < -0.4 is 15.4 Å². The highest BCUT2D eigenvalue weighted by atomic mass is 35.5. The van der Waals surface area contributed by atoms with Crippen molar-refractivity contribution < 1.29 is 23.5 Å². The van der Waals surface area contributed by atoms with E-state index in [-0.39, 0.29) is 41.8 Å². The predicted molar refractivity (Wildman–Crippen MR) is 105 cm³/mol. The van der Waals surface area contributed by atoms with Crippen molar-refractivity contribution in [2.24, 2.45) is 0 Å². The van der Waals surface area contributed by atoms with Crippen molar-refractivity contribution in [2.45, 2.75) is 13.3 Å². The number of amides is 2. The number of nitrogens with one attached hydrogen (secondary N) is 2. The Bertz CT molecular complexity index is 949. The molecule has 0 saturated heterocycles. The molecule has 29 heavy (non-hydrogen) atoms. The summed E-state index contributed by atoms with van der Waals surface area (Å²) in [4.78, 5) is 39.2. The molecule has 2 amide bonds. The third kappa shape index (κ3) is 7.00. The standard InChI is InChI=1S/C20H19ClFN3O4/c1-12(25-19(27)11-29-15-3-4-16(21)17(22)10-15)5-7-24-20(28)18-9-14(13(2)26)6-8-23-18/h3-4,6,8-10H,1,5,7,11H2,2H3,(H,24,28)(H,25,27). The summed E-state index contributed by atoms with van der Waals surface area (Å²) in [5, 5.41) is 5.11. The molecule has 2 N–H and O–H groups in total. The molecular formula is C20H19ClFN3O4. The molecule has 7 nitrogen and oxygen atoms in total. The first-order chi connectivity index (χ1) is 13.8. The first-order valence-electron chi connectivity index (χ1n) is 8.57. The van der Waals surface area contributed by atoms with Crippen molar-refractivity contribution in [1.82, 2.24) is 15.6 Å². The molecule has 152 valence electrons. The zero-order valence-electron chi connectivity index (χ0n) is 15.6. The minimum Gasteiger partial charge on any atom is -0.484 e. The number of carbonyl (C=O) groups is 3. The summed E-state index contributed by atoms with van der Waals surface area (Å²) >= 11 is 5.57. The second kappa shape index (κ2) is 10.3. The lowest BCUT2D eigenvalue weighted by atomic mass is 10.1. The number of ketones is 1. The van der Waals surface area contributed by atoms with E-state index >= 15 is 0 Å². The second-order valence-electron chi connectivity index (χ2n) is 6.01. The van der Waals surface area contributed by atoms with Crippen molar-refractivity contribution in [3.8, 4) is 5.75 Å². The first kappa shape index (κ1) is 22.0. The molecular weight excluding hydrogens is 401 g/mol. The number of nitrogens with zero attached hydrogens (tertiary/aromatic N) is 1. The van der Waals surface area contributed by atoms with E-state index in [0.29, 0.717) is 11.3 Å². The molecule has 0 unspecified atom stereocenters. The van der Waals surface area contributed by atoms with E-state index in [1.165, 1.54) is 37.4 Å². The Kier molecular flexibility index (Phi) is 7.85. The van der Waals surface area contributed by atoms with Gasteiger partial charge in [-0.1, -0.05) is 18.2 Å². The largest absolute Gasteiger partial charge is 0.484 e. The Hall–Kier alpha value is -3.26. The number of benzene rings is 1. The van der Waals surface area contributed by atoms with Gasteiger partial charge in [-0.3, -0.25) is 19.4 Å². The van der Waals surface area contributed by atoms with Gasteiger partial charge in [0.2, 0.25) is 0 Å². The van der Waals surface area contributed by atoms with E-state index < -0.39 is 17.6 Å². The Morgan fingerprint density at radius 2 is 2.00 bits per heavy atom. The van der Waals surface area contributed by atoms with Crippen LogP contribution in [0.1, 0.15) is 34.2 Å². The van der Waals surface area contributed by atoms with Crippen LogP contribution in [0, 0.1) is 5.82 Å². The molecule has 0 aliphatic rings. The molecule has 1 aromatic heterocycles. The number of ether oxygens (including phenoxy) is 1. The van der Waals surface area contributed by atoms with Gasteiger partial charge in [0.15, 0.2) is 12.4 Å². The summed E-state index contributed by atoms with van der Waals surface area (Å²) in [5.41, 5.74) is 0.880. The third-order valence-corrected chi connectivity index (χ3v) is 4.00. The predicted octanol–water partition coefficient (Wildman–Crippen LogP) is 2.91. The molecule has 0 bridgehead atoms. The van der Waals surface area contributed by atoms with Crippen molar-refractivity contribution in [3.63, 3.8) is 0 Å². The zero-order chi connectivity index (χ0) is 21.4. The molecule has 1 aromatic carbocycles. The van der Waals surface area contributed by atoms with Gasteiger partial charge in [-0.25, -0.2) is 4.39 Å². The molecule has 0 radical (unpaired) electrons. The monoisotopic (exact) mass is 419 g/mol. The van der Waals surface area contributed by atoms with Gasteiger partial charge in [0, 0.05) is 36.5 Å². The summed E-state index contributed by atoms with van der Waals surface area (Å²) in [7, 11) is 0. The van der Waals surface area contributed by atoms with Crippen LogP contribution in [-0.4, -0.2) is 35.7 Å². The number of pyridine rings is 1. The molecule has 0 fully saturated rings. The van der Waals surface area contributed by atoms with E-state index in [9.17, 15) is 18.8 Å². The minimum atomic E-state index is -0.645. The molecule has 0 aliphatic heterocycles. The summed E-state index contributed by atoms with van der Waals surface area (Å²) in [6.07, 6.45) is 1.66. The zero-order valence-corrected chi connectivity index (χ0v) is 16.4. The fourth-order valence-corrected chi connectivity index (χ4v) is 2.32. The van der Waals surface area contributed by atoms with Gasteiger partial charge in [-0.2, -0.15) is 0 Å². The normalized spacial score (nSPS) is 10.2. The third-order valence-electron chi connectivity index (χ3n) is 3.69. The Morgan fingerprint density at radius 1 is 1.24 bits per heavy atom. The van der Waals surface area contributed by atoms with Crippen LogP contribution in [0.5, 0.6) is 5.75 Å². The van der Waals surface area contributed by atoms with E-state index in [0.717, 1.165) is 6.07 Å². The van der Waals surface area contributed by atoms with Crippen LogP contribution in [-0.2, 0) is 4.79 Å². The quantitative estimate of drug-likeness (QED) is 0.609. The first-order valence-corrected chi connectivity index (χ1v) is 8.94. The molecule has 2 aromatic rings. The Labute approximate surface area is 171 Å². The van der Waals surface area contributed by atoms with E-state index in [1.807, 2.05) is 0 Å². The minimum absolute atomic E-state index is 0.0413. The van der Waals surface area contributed by atoms with Crippen molar-refractivity contribution in [2.75, 3.05) is 13.2 Å². The van der Waals surface area contributed by atoms with Crippen LogP contribution in [0.25, 0.3) is 0 Å². The molecule has 9 heteroatoms. The highest BCUT2D eigenvalue weighted by Gasteiger charge is 2.10. The lowest BCUT2D eigenvalue weighted by molar-refractivity contribution is -0.122. The van der Waals surface area contributed by atoms with E-state index in [1.54, 1.807) is 0 Å². The topological polar surface area (TPSA) is 97.4 Å². The van der Waals surface area contributed by atoms with Gasteiger partial charge >= 0.3 is 0 Å². The summed E-state index contributed by atoms with van der Waals surface area (Å²) in [6, 6.07) is 6.78. The second-order valence-corrected chi connectivity index (χ2v) is 6.42. The van der Waals surface area contributed by atoms with Crippen LogP contribution >= 0.6 is 11.6 Å². The Balaban J connectivity index is 1.72. The fraction of sp³-hybridized carbons (Fsp3) is 0.200. The smallest absolute Gasteiger partial charge is 0.269 e. The highest BCUT2D eigenvalue weighted by Crippen LogP contribution is 2.20. The van der Waals surface area contributed by atoms with Crippen LogP contribution in [0.4, 0.5) is 4.39 Å². The number of aromatic nitrogens is 1. The number of hydrogen-bond donors (Lipinski definition) is 2. The Morgan fingerprint density at radius 3 is 2.69 bits per heavy atom. The van der Waals surface area contributed by atoms with E-state index in [4.69, 9.17) is 16.3 Å². The summed E-state index contributed by atoms with van der Waals surface area (Å²) < 4.78 is 18.5. The molecule has 0 spiro atoms. The van der Waals surface area contributed by atoms with Gasteiger partial charge in [-0.15, -0.1) is 0 Å². The number of rotatable bonds is 9. The number of halogens is 2. The van der Waals surface area contributed by atoms with Crippen LogP contribution in [0.2, 0.25) is 5.02 Å². The van der Waals surface area contributed by atoms with Crippen molar-refractivity contribution in [3.05, 3.63) is 70.9 Å². The van der Waals surface area contributed by atoms with Crippen LogP contribution in [0.15, 0.2) is 48.8 Å². The number of hydrogen-bond acceptors (Lipinski definition) is 5. The van der Waals surface area contributed by atoms with E-state index in [2.05, 4.69) is 22.2 Å². The molecule has 1 heterocycles. The summed E-state index contributed by atoms with van der Waals surface area (Å²) in [6.45, 7) is 4.97. The van der Waals surface area contributed by atoms with Gasteiger partial charge < -0.3 is 15.4 Å². The maximum atomic E-state index is 13.3.